The number of hydrogen-bond acceptors (Lipinski definition) is 12. The van der Waals surface area contributed by atoms with Crippen molar-refractivity contribution in [2.75, 3.05) is 0 Å². The lowest BCUT2D eigenvalue weighted by atomic mass is 10.6. The molecule has 0 saturated heterocycles. The number of thiol groups is 1. The van der Waals surface area contributed by atoms with Crippen LogP contribution in [0.5, 0.6) is 0 Å². The summed E-state index contributed by atoms with van der Waals surface area (Å²) < 4.78 is 121. The number of rotatable bonds is 9. The molecule has 21 heavy (non-hydrogen) atoms. The normalized spacial score (nSPS) is 15.5. The molecule has 0 aliphatic rings. The molecule has 0 saturated carbocycles. The van der Waals surface area contributed by atoms with E-state index in [0.29, 0.717) is 0 Å². The van der Waals surface area contributed by atoms with Gasteiger partial charge < -0.3 is 0 Å². The molecule has 0 bridgehead atoms. The molecule has 0 rings (SSSR count). The van der Waals surface area contributed by atoms with Crippen LogP contribution in [-0.4, -0.2) is 59.9 Å². The SMILES string of the molecule is O=[SH](=O)OC(OS(=O)(=O)O)C(OS(=O)(=O)O)OS(=O)(=O)O. The topological polar surface area (TPSA) is 234 Å². The van der Waals surface area contributed by atoms with E-state index in [-0.39, 0.29) is 0 Å². The summed E-state index contributed by atoms with van der Waals surface area (Å²) in [6.07, 6.45) is -6.28. The monoisotopic (exact) mass is 398 g/mol. The van der Waals surface area contributed by atoms with Crippen molar-refractivity contribution < 1.29 is 64.1 Å². The lowest BCUT2D eigenvalue weighted by Gasteiger charge is -2.20. The zero-order valence-electron chi connectivity index (χ0n) is 9.07. The third-order valence-electron chi connectivity index (χ3n) is 1.06. The van der Waals surface area contributed by atoms with Gasteiger partial charge in [-0.2, -0.15) is 25.3 Å². The first-order chi connectivity index (χ1) is 9.09. The summed E-state index contributed by atoms with van der Waals surface area (Å²) in [5.74, 6) is 0. The first kappa shape index (κ1) is 20.5. The summed E-state index contributed by atoms with van der Waals surface area (Å²) in [6, 6.07) is 0. The van der Waals surface area contributed by atoms with Crippen LogP contribution in [0.1, 0.15) is 0 Å². The van der Waals surface area contributed by atoms with E-state index < -0.39 is 54.8 Å². The van der Waals surface area contributed by atoms with Crippen LogP contribution in [-0.2, 0) is 58.9 Å². The molecule has 1 unspecified atom stereocenters. The maximum atomic E-state index is 10.4. The van der Waals surface area contributed by atoms with Gasteiger partial charge in [0.15, 0.2) is 0 Å². The molecule has 0 spiro atoms. The van der Waals surface area contributed by atoms with Gasteiger partial charge in [0.2, 0.25) is 6.29 Å². The molecule has 0 aromatic rings. The lowest BCUT2D eigenvalue weighted by Crippen LogP contribution is -2.40. The molecule has 0 fully saturated rings. The smallest absolute Gasteiger partial charge is 0.263 e. The Kier molecular flexibility index (Phi) is 7.02. The van der Waals surface area contributed by atoms with Gasteiger partial charge in [-0.05, 0) is 0 Å². The minimum Gasteiger partial charge on any atom is -0.263 e. The fraction of sp³-hybridized carbons (Fsp3) is 1.00. The molecule has 19 heteroatoms. The average Bonchev–Trinajstić information content (AvgIpc) is 2.07. The molecule has 0 aliphatic carbocycles. The summed E-state index contributed by atoms with van der Waals surface area (Å²) in [5.41, 5.74) is 0. The second-order valence-corrected chi connectivity index (χ2v) is 6.44. The fourth-order valence-corrected chi connectivity index (χ4v) is 2.19. The quantitative estimate of drug-likeness (QED) is 0.168. The second-order valence-electron chi connectivity index (χ2n) is 2.64. The third-order valence-corrected chi connectivity index (χ3v) is 2.74. The Morgan fingerprint density at radius 1 is 0.667 bits per heavy atom. The van der Waals surface area contributed by atoms with E-state index in [1.165, 1.54) is 0 Å². The predicted octanol–water partition coefficient (Wildman–Crippen LogP) is -3.36. The van der Waals surface area contributed by atoms with Gasteiger partial charge in [-0.25, -0.2) is 25.2 Å². The van der Waals surface area contributed by atoms with Crippen molar-refractivity contribution in [1.82, 2.24) is 0 Å². The van der Waals surface area contributed by atoms with Crippen molar-refractivity contribution >= 4 is 42.2 Å². The molecule has 0 heterocycles. The summed E-state index contributed by atoms with van der Waals surface area (Å²) in [6.45, 7) is 0. The van der Waals surface area contributed by atoms with Gasteiger partial charge in [0.05, 0.1) is 0 Å². The Morgan fingerprint density at radius 2 is 0.952 bits per heavy atom. The van der Waals surface area contributed by atoms with Crippen LogP contribution >= 0.6 is 0 Å². The summed E-state index contributed by atoms with van der Waals surface area (Å²) in [5, 5.41) is 0. The van der Waals surface area contributed by atoms with E-state index in [1.807, 2.05) is 0 Å². The van der Waals surface area contributed by atoms with Crippen LogP contribution in [0.3, 0.4) is 0 Å². The molecule has 3 N–H and O–H groups in total. The molecule has 0 radical (unpaired) electrons. The maximum Gasteiger partial charge on any atom is 0.400 e. The summed E-state index contributed by atoms with van der Waals surface area (Å²) in [4.78, 5) is 0. The molecule has 0 aliphatic heterocycles. The van der Waals surface area contributed by atoms with Gasteiger partial charge >= 0.3 is 31.2 Å². The summed E-state index contributed by atoms with van der Waals surface area (Å²) >= 11 is 0. The van der Waals surface area contributed by atoms with Gasteiger partial charge in [-0.1, -0.05) is 0 Å². The highest BCUT2D eigenvalue weighted by Crippen LogP contribution is 2.15. The summed E-state index contributed by atoms with van der Waals surface area (Å²) in [7, 11) is -20.7. The highest BCUT2D eigenvalue weighted by atomic mass is 32.3. The molecule has 0 aromatic carbocycles. The first-order valence-corrected chi connectivity index (χ1v) is 9.06. The van der Waals surface area contributed by atoms with Crippen molar-refractivity contribution in [3.8, 4) is 0 Å². The van der Waals surface area contributed by atoms with E-state index in [1.54, 1.807) is 0 Å². The van der Waals surface area contributed by atoms with Crippen LogP contribution in [0.15, 0.2) is 0 Å². The minimum atomic E-state index is -5.57. The minimum absolute atomic E-state index is 3.09. The van der Waals surface area contributed by atoms with Crippen molar-refractivity contribution in [1.29, 1.82) is 0 Å². The van der Waals surface area contributed by atoms with E-state index >= 15 is 0 Å². The zero-order chi connectivity index (χ0) is 17.1. The Hall–Kier alpha value is -0.480. The van der Waals surface area contributed by atoms with Gasteiger partial charge in [0.25, 0.3) is 17.3 Å². The van der Waals surface area contributed by atoms with Gasteiger partial charge in [0.1, 0.15) is 0 Å². The number of hydrogen-bond donors (Lipinski definition) is 4. The average molecular weight is 398 g/mol. The van der Waals surface area contributed by atoms with Crippen LogP contribution in [0.4, 0.5) is 0 Å². The van der Waals surface area contributed by atoms with Crippen LogP contribution in [0.2, 0.25) is 0 Å². The molecule has 1 atom stereocenters. The molecular weight excluding hydrogens is 392 g/mol. The van der Waals surface area contributed by atoms with E-state index in [0.717, 1.165) is 0 Å². The molecule has 0 aromatic heterocycles. The predicted molar refractivity (Wildman–Crippen MR) is 56.9 cm³/mol. The Bertz CT molecular complexity index is 677. The lowest BCUT2D eigenvalue weighted by molar-refractivity contribution is -0.153. The van der Waals surface area contributed by atoms with Crippen molar-refractivity contribution in [2.24, 2.45) is 0 Å². The highest BCUT2D eigenvalue weighted by Gasteiger charge is 2.37. The Morgan fingerprint density at radius 3 is 1.19 bits per heavy atom. The maximum absolute atomic E-state index is 10.4. The zero-order valence-corrected chi connectivity index (χ0v) is 12.4. The third kappa shape index (κ3) is 11.8. The standard InChI is InChI=1S/C2H6O15S4/c3-18(4)14-1(15-19(5,6)7)2(16-20(8,9)10)17-21(11,12)13/h1-2,18H,(H,5,6,7)(H,8,9,10)(H,11,12,13). The first-order valence-electron chi connectivity index (χ1n) is 3.87. The van der Waals surface area contributed by atoms with E-state index in [4.69, 9.17) is 13.7 Å². The Labute approximate surface area is 119 Å². The largest absolute Gasteiger partial charge is 0.400 e. The van der Waals surface area contributed by atoms with Gasteiger partial charge in [-0.15, -0.1) is 0 Å². The fourth-order valence-electron chi connectivity index (χ4n) is 0.664. The van der Waals surface area contributed by atoms with E-state index in [9.17, 15) is 33.7 Å². The van der Waals surface area contributed by atoms with Gasteiger partial charge in [-0.3, -0.25) is 13.7 Å². The van der Waals surface area contributed by atoms with Crippen LogP contribution in [0, 0.1) is 0 Å². The van der Waals surface area contributed by atoms with E-state index in [2.05, 4.69) is 16.7 Å². The van der Waals surface area contributed by atoms with Crippen LogP contribution in [0.25, 0.3) is 0 Å². The molecule has 0 amide bonds. The second kappa shape index (κ2) is 7.19. The molecular formula is C2H6O15S4. The van der Waals surface area contributed by atoms with Crippen molar-refractivity contribution in [3.63, 3.8) is 0 Å². The van der Waals surface area contributed by atoms with Crippen molar-refractivity contribution in [3.05, 3.63) is 0 Å². The van der Waals surface area contributed by atoms with Crippen molar-refractivity contribution in [2.45, 2.75) is 12.6 Å². The highest BCUT2D eigenvalue weighted by molar-refractivity contribution is 7.81. The molecule has 128 valence electrons. The van der Waals surface area contributed by atoms with Gasteiger partial charge in [0, 0.05) is 0 Å². The Balaban J connectivity index is 5.63. The molecule has 15 nitrogen and oxygen atoms in total. The van der Waals surface area contributed by atoms with Crippen LogP contribution < -0.4 is 0 Å².